The number of esters is 1. The van der Waals surface area contributed by atoms with Crippen LogP contribution in [0.5, 0.6) is 0 Å². The van der Waals surface area contributed by atoms with Crippen molar-refractivity contribution in [1.29, 1.82) is 0 Å². The van der Waals surface area contributed by atoms with Crippen molar-refractivity contribution in [3.05, 3.63) is 23.7 Å². The molecule has 3 nitrogen and oxygen atoms in total. The molecule has 0 amide bonds. The number of carbonyl (C=O) groups excluding carboxylic acids is 1. The molecule has 1 aromatic heterocycles. The summed E-state index contributed by atoms with van der Waals surface area (Å²) in [6.07, 6.45) is 0. The average molecular weight is 222 g/mol. The Labute approximate surface area is 90.4 Å². The lowest BCUT2D eigenvalue weighted by Gasteiger charge is -2.02. The molecule has 0 aliphatic rings. The van der Waals surface area contributed by atoms with Gasteiger partial charge in [0.1, 0.15) is 8.07 Å². The van der Waals surface area contributed by atoms with Gasteiger partial charge in [-0.15, -0.1) is 5.54 Å². The van der Waals surface area contributed by atoms with Crippen LogP contribution in [0.1, 0.15) is 16.3 Å². The van der Waals surface area contributed by atoms with Crippen molar-refractivity contribution in [1.82, 2.24) is 0 Å². The van der Waals surface area contributed by atoms with Crippen LogP contribution in [-0.4, -0.2) is 21.2 Å². The molecular weight excluding hydrogens is 208 g/mol. The van der Waals surface area contributed by atoms with E-state index < -0.39 is 14.0 Å². The Morgan fingerprint density at radius 2 is 2.07 bits per heavy atom. The van der Waals surface area contributed by atoms with Crippen molar-refractivity contribution < 1.29 is 13.9 Å². The van der Waals surface area contributed by atoms with Gasteiger partial charge in [0.25, 0.3) is 0 Å². The molecule has 0 aliphatic carbocycles. The highest BCUT2D eigenvalue weighted by molar-refractivity contribution is 6.83. The molecule has 1 aromatic rings. The van der Waals surface area contributed by atoms with Gasteiger partial charge in [-0.3, -0.25) is 0 Å². The molecule has 0 unspecified atom stereocenters. The summed E-state index contributed by atoms with van der Waals surface area (Å²) in [4.78, 5) is 11.1. The minimum atomic E-state index is -1.40. The Hall–Kier alpha value is -1.47. The SMILES string of the molecule is COC(=O)c1ccc(C#C[Si](C)(C)C)o1. The Balaban J connectivity index is 2.85. The highest BCUT2D eigenvalue weighted by atomic mass is 28.3. The zero-order valence-electron chi connectivity index (χ0n) is 9.38. The van der Waals surface area contributed by atoms with Crippen LogP contribution in [0.15, 0.2) is 16.5 Å². The Bertz CT molecular complexity index is 415. The van der Waals surface area contributed by atoms with Gasteiger partial charge in [0.2, 0.25) is 5.76 Å². The summed E-state index contributed by atoms with van der Waals surface area (Å²) in [6, 6.07) is 3.25. The lowest BCUT2D eigenvalue weighted by Crippen LogP contribution is -2.16. The second kappa shape index (κ2) is 4.37. The molecule has 1 rings (SSSR count). The Kier molecular flexibility index (Phi) is 3.38. The van der Waals surface area contributed by atoms with Gasteiger partial charge in [0.15, 0.2) is 5.76 Å². The monoisotopic (exact) mass is 222 g/mol. The maximum atomic E-state index is 11.1. The number of furan rings is 1. The fourth-order valence-corrected chi connectivity index (χ4v) is 1.36. The van der Waals surface area contributed by atoms with Gasteiger partial charge in [-0.05, 0) is 18.1 Å². The Morgan fingerprint density at radius 1 is 1.40 bits per heavy atom. The van der Waals surface area contributed by atoms with Crippen molar-refractivity contribution >= 4 is 14.0 Å². The Morgan fingerprint density at radius 3 is 2.60 bits per heavy atom. The van der Waals surface area contributed by atoms with E-state index >= 15 is 0 Å². The van der Waals surface area contributed by atoms with E-state index in [4.69, 9.17) is 4.42 Å². The first-order valence-corrected chi connectivity index (χ1v) is 8.14. The smallest absolute Gasteiger partial charge is 0.374 e. The van der Waals surface area contributed by atoms with Crippen molar-refractivity contribution in [2.45, 2.75) is 19.6 Å². The first-order valence-electron chi connectivity index (χ1n) is 4.64. The molecule has 0 spiro atoms. The van der Waals surface area contributed by atoms with Crippen molar-refractivity contribution in [3.63, 3.8) is 0 Å². The van der Waals surface area contributed by atoms with E-state index in [1.54, 1.807) is 12.1 Å². The van der Waals surface area contributed by atoms with E-state index in [-0.39, 0.29) is 5.76 Å². The third-order valence-corrected chi connectivity index (χ3v) is 2.43. The molecule has 0 saturated carbocycles. The van der Waals surface area contributed by atoms with Crippen molar-refractivity contribution in [2.24, 2.45) is 0 Å². The lowest BCUT2D eigenvalue weighted by molar-refractivity contribution is 0.0564. The molecule has 0 aliphatic heterocycles. The lowest BCUT2D eigenvalue weighted by atomic mass is 10.4. The molecule has 15 heavy (non-hydrogen) atoms. The normalized spacial score (nSPS) is 10.4. The third-order valence-electron chi connectivity index (χ3n) is 1.55. The fraction of sp³-hybridized carbons (Fsp3) is 0.364. The highest BCUT2D eigenvalue weighted by Crippen LogP contribution is 2.08. The van der Waals surface area contributed by atoms with Gasteiger partial charge in [0, 0.05) is 0 Å². The molecule has 0 N–H and O–H groups in total. The summed E-state index contributed by atoms with van der Waals surface area (Å²) in [5.74, 6) is 3.15. The van der Waals surface area contributed by atoms with Gasteiger partial charge in [-0.25, -0.2) is 4.79 Å². The summed E-state index contributed by atoms with van der Waals surface area (Å²) in [5.41, 5.74) is 3.15. The third kappa shape index (κ3) is 3.64. The van der Waals surface area contributed by atoms with Gasteiger partial charge >= 0.3 is 5.97 Å². The van der Waals surface area contributed by atoms with Crippen LogP contribution in [-0.2, 0) is 4.74 Å². The van der Waals surface area contributed by atoms with E-state index in [0.29, 0.717) is 5.76 Å². The van der Waals surface area contributed by atoms with Gasteiger partial charge in [-0.2, -0.15) is 0 Å². The van der Waals surface area contributed by atoms with E-state index in [2.05, 4.69) is 35.8 Å². The minimum absolute atomic E-state index is 0.192. The van der Waals surface area contributed by atoms with E-state index in [9.17, 15) is 4.79 Å². The van der Waals surface area contributed by atoms with E-state index in [1.165, 1.54) is 7.11 Å². The van der Waals surface area contributed by atoms with Crippen LogP contribution in [0.4, 0.5) is 0 Å². The summed E-state index contributed by atoms with van der Waals surface area (Å²) >= 11 is 0. The van der Waals surface area contributed by atoms with Gasteiger partial charge in [-0.1, -0.05) is 19.6 Å². The molecule has 4 heteroatoms. The second-order valence-corrected chi connectivity index (χ2v) is 8.91. The fourth-order valence-electron chi connectivity index (χ4n) is 0.864. The minimum Gasteiger partial charge on any atom is -0.463 e. The summed E-state index contributed by atoms with van der Waals surface area (Å²) in [7, 11) is -0.0858. The van der Waals surface area contributed by atoms with Gasteiger partial charge < -0.3 is 9.15 Å². The molecular formula is C11H14O3Si. The van der Waals surface area contributed by atoms with Crippen LogP contribution in [0.3, 0.4) is 0 Å². The number of ether oxygens (including phenoxy) is 1. The maximum Gasteiger partial charge on any atom is 0.374 e. The van der Waals surface area contributed by atoms with Crippen LogP contribution >= 0.6 is 0 Å². The first-order chi connectivity index (χ1) is 6.92. The molecule has 0 aromatic carbocycles. The molecule has 1 heterocycles. The number of carbonyl (C=O) groups is 1. The standard InChI is InChI=1S/C11H14O3Si/c1-13-11(12)10-6-5-9(14-10)7-8-15(2,3)4/h5-6H,1-4H3. The molecule has 0 atom stereocenters. The first kappa shape index (κ1) is 11.6. The van der Waals surface area contributed by atoms with Gasteiger partial charge in [0.05, 0.1) is 7.11 Å². The number of methoxy groups -OCH3 is 1. The molecule has 80 valence electrons. The molecule has 0 fully saturated rings. The molecule has 0 saturated heterocycles. The van der Waals surface area contributed by atoms with E-state index in [0.717, 1.165) is 0 Å². The van der Waals surface area contributed by atoms with Crippen LogP contribution in [0.25, 0.3) is 0 Å². The molecule has 0 radical (unpaired) electrons. The van der Waals surface area contributed by atoms with Crippen molar-refractivity contribution in [2.75, 3.05) is 7.11 Å². The summed E-state index contributed by atoms with van der Waals surface area (Å²) in [6.45, 7) is 6.43. The quantitative estimate of drug-likeness (QED) is 0.416. The highest BCUT2D eigenvalue weighted by Gasteiger charge is 2.11. The van der Waals surface area contributed by atoms with Crippen LogP contribution < -0.4 is 0 Å². The zero-order chi connectivity index (χ0) is 11.5. The largest absolute Gasteiger partial charge is 0.463 e. The predicted molar refractivity (Wildman–Crippen MR) is 60.3 cm³/mol. The van der Waals surface area contributed by atoms with Crippen LogP contribution in [0, 0.1) is 11.5 Å². The number of hydrogen-bond donors (Lipinski definition) is 0. The summed E-state index contributed by atoms with van der Waals surface area (Å²) < 4.78 is 9.73. The number of rotatable bonds is 1. The van der Waals surface area contributed by atoms with Crippen LogP contribution in [0.2, 0.25) is 19.6 Å². The zero-order valence-corrected chi connectivity index (χ0v) is 10.4. The van der Waals surface area contributed by atoms with E-state index in [1.807, 2.05) is 0 Å². The summed E-state index contributed by atoms with van der Waals surface area (Å²) in [5, 5.41) is 0. The second-order valence-electron chi connectivity index (χ2n) is 4.16. The average Bonchev–Trinajstić information content (AvgIpc) is 2.61. The number of hydrogen-bond acceptors (Lipinski definition) is 3. The molecule has 0 bridgehead atoms. The topological polar surface area (TPSA) is 39.4 Å². The maximum absolute atomic E-state index is 11.1. The van der Waals surface area contributed by atoms with Crippen molar-refractivity contribution in [3.8, 4) is 11.5 Å². The predicted octanol–water partition coefficient (Wildman–Crippen LogP) is 2.30.